The number of pyridine rings is 1. The van der Waals surface area contributed by atoms with Crippen molar-refractivity contribution in [3.8, 4) is 11.3 Å². The van der Waals surface area contributed by atoms with E-state index >= 15 is 0 Å². The van der Waals surface area contributed by atoms with E-state index in [0.717, 1.165) is 3.97 Å². The van der Waals surface area contributed by atoms with Gasteiger partial charge in [0.15, 0.2) is 5.82 Å². The van der Waals surface area contributed by atoms with Gasteiger partial charge in [-0.3, -0.25) is 0 Å². The molecule has 0 saturated heterocycles. The first-order valence-electron chi connectivity index (χ1n) is 9.19. The third-order valence-corrected chi connectivity index (χ3v) is 6.01. The molecule has 1 aromatic carbocycles. The van der Waals surface area contributed by atoms with Crippen LogP contribution < -0.4 is 5.32 Å². The van der Waals surface area contributed by atoms with Gasteiger partial charge >= 0.3 is 11.9 Å². The summed E-state index contributed by atoms with van der Waals surface area (Å²) in [5.74, 6) is -3.16. The first-order valence-corrected chi connectivity index (χ1v) is 11.0. The Balaban J connectivity index is 0.000000414. The van der Waals surface area contributed by atoms with Crippen LogP contribution >= 0.6 is 11.6 Å². The highest BCUT2D eigenvalue weighted by atomic mass is 35.5. The van der Waals surface area contributed by atoms with Crippen molar-refractivity contribution in [2.75, 3.05) is 7.05 Å². The van der Waals surface area contributed by atoms with Crippen LogP contribution in [-0.2, 0) is 26.2 Å². The number of halogens is 2. The van der Waals surface area contributed by atoms with E-state index in [1.165, 1.54) is 30.6 Å². The second-order valence-electron chi connectivity index (χ2n) is 6.31. The van der Waals surface area contributed by atoms with Crippen molar-refractivity contribution in [3.05, 3.63) is 83.5 Å². The molecule has 0 amide bonds. The zero-order valence-corrected chi connectivity index (χ0v) is 18.7. The van der Waals surface area contributed by atoms with Crippen LogP contribution in [0.25, 0.3) is 11.3 Å². The molecule has 0 spiro atoms. The second kappa shape index (κ2) is 11.4. The first kappa shape index (κ1) is 25.7. The molecule has 0 aliphatic heterocycles. The number of carboxylic acids is 2. The molecule has 3 rings (SSSR count). The lowest BCUT2D eigenvalue weighted by atomic mass is 10.2. The summed E-state index contributed by atoms with van der Waals surface area (Å²) in [6.07, 6.45) is 3.84. The predicted octanol–water partition coefficient (Wildman–Crippen LogP) is 3.01. The Morgan fingerprint density at radius 1 is 1.12 bits per heavy atom. The molecule has 174 valence electrons. The fraction of sp³-hybridized carbons (Fsp3) is 0.0952. The van der Waals surface area contributed by atoms with Gasteiger partial charge < -0.3 is 15.5 Å². The summed E-state index contributed by atoms with van der Waals surface area (Å²) in [5, 5.41) is 18.5. The summed E-state index contributed by atoms with van der Waals surface area (Å²) in [4.78, 5) is 23.1. The molecular weight excluding hydrogens is 477 g/mol. The van der Waals surface area contributed by atoms with Crippen molar-refractivity contribution in [1.82, 2.24) is 14.3 Å². The minimum Gasteiger partial charge on any atom is -0.478 e. The average molecular weight is 496 g/mol. The van der Waals surface area contributed by atoms with Gasteiger partial charge in [-0.25, -0.2) is 31.4 Å². The van der Waals surface area contributed by atoms with Crippen molar-refractivity contribution < 1.29 is 32.6 Å². The van der Waals surface area contributed by atoms with Gasteiger partial charge in [0, 0.05) is 42.2 Å². The van der Waals surface area contributed by atoms with Crippen LogP contribution in [0.3, 0.4) is 0 Å². The van der Waals surface area contributed by atoms with Crippen LogP contribution in [0.15, 0.2) is 71.9 Å². The Kier molecular flexibility index (Phi) is 8.85. The Labute approximate surface area is 193 Å². The summed E-state index contributed by atoms with van der Waals surface area (Å²) >= 11 is 6.08. The number of aromatic nitrogens is 2. The van der Waals surface area contributed by atoms with Gasteiger partial charge in [0.05, 0.1) is 4.90 Å². The number of aliphatic carboxylic acids is 2. The van der Waals surface area contributed by atoms with Crippen molar-refractivity contribution in [3.63, 3.8) is 0 Å². The van der Waals surface area contributed by atoms with Crippen LogP contribution in [0.4, 0.5) is 4.39 Å². The van der Waals surface area contributed by atoms with E-state index in [0.29, 0.717) is 12.2 Å². The maximum absolute atomic E-state index is 15.0. The van der Waals surface area contributed by atoms with Gasteiger partial charge in [-0.1, -0.05) is 29.8 Å². The van der Waals surface area contributed by atoms with Gasteiger partial charge in [-0.05, 0) is 31.3 Å². The molecule has 2 aromatic heterocycles. The van der Waals surface area contributed by atoms with Crippen LogP contribution in [0.1, 0.15) is 5.56 Å². The molecular formula is C21H19ClFN3O6S. The smallest absolute Gasteiger partial charge is 0.328 e. The van der Waals surface area contributed by atoms with Crippen molar-refractivity contribution in [2.24, 2.45) is 0 Å². The third-order valence-electron chi connectivity index (χ3n) is 4.03. The highest BCUT2D eigenvalue weighted by Gasteiger charge is 2.27. The molecule has 0 saturated carbocycles. The third kappa shape index (κ3) is 6.48. The van der Waals surface area contributed by atoms with E-state index in [4.69, 9.17) is 21.8 Å². The summed E-state index contributed by atoms with van der Waals surface area (Å²) in [6, 6.07) is 11.0. The van der Waals surface area contributed by atoms with Crippen LogP contribution in [-0.4, -0.2) is 46.6 Å². The summed E-state index contributed by atoms with van der Waals surface area (Å²) < 4.78 is 41.9. The number of carboxylic acid groups (broad SMARTS) is 2. The van der Waals surface area contributed by atoms with E-state index in [-0.39, 0.29) is 33.4 Å². The molecule has 12 heteroatoms. The molecule has 0 fully saturated rings. The van der Waals surface area contributed by atoms with Gasteiger partial charge in [-0.15, -0.1) is 0 Å². The highest BCUT2D eigenvalue weighted by Crippen LogP contribution is 2.33. The van der Waals surface area contributed by atoms with E-state index in [1.807, 2.05) is 0 Å². The zero-order chi connectivity index (χ0) is 24.6. The van der Waals surface area contributed by atoms with Gasteiger partial charge in [0.1, 0.15) is 10.8 Å². The molecule has 0 aliphatic rings. The number of nitrogens with one attached hydrogen (secondary N) is 1. The Hall–Kier alpha value is -3.54. The summed E-state index contributed by atoms with van der Waals surface area (Å²) in [7, 11) is -2.34. The van der Waals surface area contributed by atoms with Crippen molar-refractivity contribution in [2.45, 2.75) is 11.4 Å². The number of nitrogens with zero attached hydrogens (tertiary/aromatic N) is 2. The highest BCUT2D eigenvalue weighted by molar-refractivity contribution is 7.90. The molecule has 0 bridgehead atoms. The van der Waals surface area contributed by atoms with Gasteiger partial charge in [0.2, 0.25) is 0 Å². The fourth-order valence-electron chi connectivity index (χ4n) is 2.66. The topological polar surface area (TPSA) is 139 Å². The fourth-order valence-corrected chi connectivity index (χ4v) is 4.28. The average Bonchev–Trinajstić information content (AvgIpc) is 3.11. The monoisotopic (exact) mass is 495 g/mol. The first-order chi connectivity index (χ1) is 15.6. The molecule has 0 atom stereocenters. The molecule has 0 radical (unpaired) electrons. The van der Waals surface area contributed by atoms with E-state index < -0.39 is 27.8 Å². The molecule has 3 N–H and O–H groups in total. The number of benzene rings is 1. The predicted molar refractivity (Wildman–Crippen MR) is 119 cm³/mol. The maximum atomic E-state index is 15.0. The lowest BCUT2D eigenvalue weighted by molar-refractivity contribution is -0.134. The van der Waals surface area contributed by atoms with Crippen molar-refractivity contribution in [1.29, 1.82) is 0 Å². The Morgan fingerprint density at radius 3 is 2.24 bits per heavy atom. The molecule has 2 heterocycles. The van der Waals surface area contributed by atoms with E-state index in [9.17, 15) is 22.4 Å². The largest absolute Gasteiger partial charge is 0.478 e. The Bertz CT molecular complexity index is 1260. The van der Waals surface area contributed by atoms with Gasteiger partial charge in [-0.2, -0.15) is 0 Å². The number of rotatable bonds is 7. The number of carbonyl (C=O) groups is 2. The molecule has 0 aliphatic carbocycles. The standard InChI is InChI=1S/C17H15ClFN3O2S.C4H4O4/c1-20-10-12-11-22(25(23,24)13-6-3-2-4-7-13)16(15(12)19)14-8-5-9-21-17(14)18;5-3(6)1-2-4(7)8/h2-9,11,20H,10H2,1H3;1-2H,(H,5,6)(H,7,8)/b;2-1+. The molecule has 3 aromatic rings. The second-order valence-corrected chi connectivity index (χ2v) is 8.49. The minimum atomic E-state index is -3.99. The van der Waals surface area contributed by atoms with Crippen LogP contribution in [0.2, 0.25) is 5.15 Å². The van der Waals surface area contributed by atoms with Gasteiger partial charge in [0.25, 0.3) is 10.0 Å². The Morgan fingerprint density at radius 2 is 1.73 bits per heavy atom. The summed E-state index contributed by atoms with van der Waals surface area (Å²) in [6.45, 7) is 0.175. The summed E-state index contributed by atoms with van der Waals surface area (Å²) in [5.41, 5.74) is 0.299. The molecule has 9 nitrogen and oxygen atoms in total. The zero-order valence-electron chi connectivity index (χ0n) is 17.1. The van der Waals surface area contributed by atoms with Crippen molar-refractivity contribution >= 4 is 33.6 Å². The normalized spacial score (nSPS) is 11.1. The molecule has 0 unspecified atom stereocenters. The van der Waals surface area contributed by atoms with Crippen LogP contribution in [0, 0.1) is 5.82 Å². The quantitative estimate of drug-likeness (QED) is 0.336. The molecule has 33 heavy (non-hydrogen) atoms. The minimum absolute atomic E-state index is 0.0278. The maximum Gasteiger partial charge on any atom is 0.328 e. The number of hydrogen-bond donors (Lipinski definition) is 3. The van der Waals surface area contributed by atoms with E-state index in [2.05, 4.69) is 10.3 Å². The SMILES string of the molecule is CNCc1cn(S(=O)(=O)c2ccccc2)c(-c2cccnc2Cl)c1F.O=C(O)/C=C/C(=O)O. The number of hydrogen-bond acceptors (Lipinski definition) is 6. The van der Waals surface area contributed by atoms with E-state index in [1.54, 1.807) is 31.3 Å². The lowest BCUT2D eigenvalue weighted by Gasteiger charge is -2.11. The lowest BCUT2D eigenvalue weighted by Crippen LogP contribution is -2.13. The van der Waals surface area contributed by atoms with Crippen LogP contribution in [0.5, 0.6) is 0 Å².